The molecule has 0 heterocycles. The predicted molar refractivity (Wildman–Crippen MR) is 89.3 cm³/mol. The van der Waals surface area contributed by atoms with Crippen LogP contribution in [-0.2, 0) is 4.74 Å². The van der Waals surface area contributed by atoms with Crippen LogP contribution in [0.2, 0.25) is 0 Å². The summed E-state index contributed by atoms with van der Waals surface area (Å²) in [6, 6.07) is 8.76. The molecule has 0 bridgehead atoms. The highest BCUT2D eigenvalue weighted by Crippen LogP contribution is 2.19. The van der Waals surface area contributed by atoms with E-state index in [-0.39, 0.29) is 17.7 Å². The van der Waals surface area contributed by atoms with Gasteiger partial charge in [-0.05, 0) is 38.1 Å². The van der Waals surface area contributed by atoms with Crippen LogP contribution >= 0.6 is 0 Å². The van der Waals surface area contributed by atoms with Gasteiger partial charge in [-0.2, -0.15) is 0 Å². The van der Waals surface area contributed by atoms with Crippen LogP contribution in [-0.4, -0.2) is 18.6 Å². The summed E-state index contributed by atoms with van der Waals surface area (Å²) in [7, 11) is 0. The summed E-state index contributed by atoms with van der Waals surface area (Å²) in [4.78, 5) is 23.7. The lowest BCUT2D eigenvalue weighted by Gasteiger charge is -2.15. The molecule has 0 saturated carbocycles. The van der Waals surface area contributed by atoms with E-state index >= 15 is 0 Å². The van der Waals surface area contributed by atoms with Crippen molar-refractivity contribution in [3.63, 3.8) is 0 Å². The average Bonchev–Trinajstić information content (AvgIpc) is 2.55. The maximum absolute atomic E-state index is 13.8. The van der Waals surface area contributed by atoms with E-state index in [4.69, 9.17) is 4.74 Å². The summed E-state index contributed by atoms with van der Waals surface area (Å²) in [5, 5.41) is 5.13. The zero-order chi connectivity index (χ0) is 18.4. The molecule has 0 aromatic heterocycles. The highest BCUT2D eigenvalue weighted by atomic mass is 19.1. The first-order chi connectivity index (χ1) is 11.9. The molecule has 0 unspecified atom stereocenters. The summed E-state index contributed by atoms with van der Waals surface area (Å²) in [5.74, 6) is -1.87. The van der Waals surface area contributed by atoms with E-state index in [1.54, 1.807) is 32.0 Å². The van der Waals surface area contributed by atoms with Crippen LogP contribution in [0.5, 0.6) is 0 Å². The number of halogens is 2. The zero-order valence-corrected chi connectivity index (χ0v) is 13.8. The third-order valence-corrected chi connectivity index (χ3v) is 3.42. The van der Waals surface area contributed by atoms with Crippen LogP contribution in [0.1, 0.15) is 35.8 Å². The Bertz CT molecular complexity index is 781. The molecule has 2 rings (SSSR count). The molecule has 7 heteroatoms. The molecule has 0 fully saturated rings. The standard InChI is InChI=1S/C18H18F2N2O3/c1-3-25-18(24)22-14-6-4-5-12(9-14)17(23)21-11(2)15-8-7-13(19)10-16(15)20/h4-11H,3H2,1-2H3,(H,21,23)(H,22,24)/t11-/m0/s1. The van der Waals surface area contributed by atoms with Crippen molar-refractivity contribution in [3.05, 3.63) is 65.2 Å². The van der Waals surface area contributed by atoms with E-state index in [1.807, 2.05) is 0 Å². The maximum Gasteiger partial charge on any atom is 0.411 e. The molecule has 0 aliphatic rings. The van der Waals surface area contributed by atoms with Gasteiger partial charge in [0.2, 0.25) is 0 Å². The second-order valence-corrected chi connectivity index (χ2v) is 5.29. The van der Waals surface area contributed by atoms with Gasteiger partial charge in [0, 0.05) is 22.9 Å². The van der Waals surface area contributed by atoms with Gasteiger partial charge in [-0.15, -0.1) is 0 Å². The monoisotopic (exact) mass is 348 g/mol. The fourth-order valence-corrected chi connectivity index (χ4v) is 2.23. The van der Waals surface area contributed by atoms with Gasteiger partial charge in [-0.3, -0.25) is 10.1 Å². The molecule has 132 valence electrons. The number of hydrogen-bond acceptors (Lipinski definition) is 3. The van der Waals surface area contributed by atoms with Crippen LogP contribution < -0.4 is 10.6 Å². The van der Waals surface area contributed by atoms with Crippen molar-refractivity contribution in [3.8, 4) is 0 Å². The zero-order valence-electron chi connectivity index (χ0n) is 13.8. The number of carbonyl (C=O) groups excluding carboxylic acids is 2. The first-order valence-corrected chi connectivity index (χ1v) is 7.70. The van der Waals surface area contributed by atoms with Gasteiger partial charge in [0.15, 0.2) is 0 Å². The summed E-state index contributed by atoms with van der Waals surface area (Å²) in [5.41, 5.74) is 0.853. The molecule has 2 N–H and O–H groups in total. The minimum Gasteiger partial charge on any atom is -0.450 e. The summed E-state index contributed by atoms with van der Waals surface area (Å²) < 4.78 is 31.5. The van der Waals surface area contributed by atoms with Crippen molar-refractivity contribution in [1.29, 1.82) is 0 Å². The number of anilines is 1. The quantitative estimate of drug-likeness (QED) is 0.857. The number of hydrogen-bond donors (Lipinski definition) is 2. The van der Waals surface area contributed by atoms with Crippen molar-refractivity contribution in [2.75, 3.05) is 11.9 Å². The topological polar surface area (TPSA) is 67.4 Å². The first kappa shape index (κ1) is 18.4. The normalized spacial score (nSPS) is 11.5. The van der Waals surface area contributed by atoms with E-state index in [9.17, 15) is 18.4 Å². The summed E-state index contributed by atoms with van der Waals surface area (Å²) >= 11 is 0. The van der Waals surface area contributed by atoms with Crippen molar-refractivity contribution in [2.24, 2.45) is 0 Å². The van der Waals surface area contributed by atoms with Crippen LogP contribution in [0.3, 0.4) is 0 Å². The molecule has 25 heavy (non-hydrogen) atoms. The highest BCUT2D eigenvalue weighted by molar-refractivity contribution is 5.96. The van der Waals surface area contributed by atoms with Gasteiger partial charge in [0.05, 0.1) is 12.6 Å². The number of ether oxygens (including phenoxy) is 1. The van der Waals surface area contributed by atoms with Crippen LogP contribution in [0.4, 0.5) is 19.3 Å². The van der Waals surface area contributed by atoms with Gasteiger partial charge in [-0.25, -0.2) is 13.6 Å². The minimum absolute atomic E-state index is 0.176. The summed E-state index contributed by atoms with van der Waals surface area (Å²) in [6.45, 7) is 3.50. The lowest BCUT2D eigenvalue weighted by molar-refractivity contribution is 0.0939. The Morgan fingerprint density at radius 3 is 2.60 bits per heavy atom. The summed E-state index contributed by atoms with van der Waals surface area (Å²) in [6.07, 6.45) is -0.623. The molecular formula is C18H18F2N2O3. The minimum atomic E-state index is -0.731. The van der Waals surface area contributed by atoms with Gasteiger partial charge < -0.3 is 10.1 Å². The molecule has 0 aliphatic carbocycles. The molecular weight excluding hydrogens is 330 g/mol. The number of benzene rings is 2. The largest absolute Gasteiger partial charge is 0.450 e. The van der Waals surface area contributed by atoms with Gasteiger partial charge in [-0.1, -0.05) is 12.1 Å². The SMILES string of the molecule is CCOC(=O)Nc1cccc(C(=O)N[C@@H](C)c2ccc(F)cc2F)c1. The molecule has 0 spiro atoms. The smallest absolute Gasteiger partial charge is 0.411 e. The Morgan fingerprint density at radius 2 is 1.92 bits per heavy atom. The Labute approximate surface area is 144 Å². The Balaban J connectivity index is 2.08. The third-order valence-electron chi connectivity index (χ3n) is 3.42. The molecule has 5 nitrogen and oxygen atoms in total. The molecule has 2 amide bonds. The fourth-order valence-electron chi connectivity index (χ4n) is 2.23. The van der Waals surface area contributed by atoms with E-state index < -0.39 is 29.7 Å². The van der Waals surface area contributed by atoms with Gasteiger partial charge >= 0.3 is 6.09 Å². The molecule has 0 aliphatic heterocycles. The lowest BCUT2D eigenvalue weighted by Crippen LogP contribution is -2.27. The maximum atomic E-state index is 13.8. The molecule has 1 atom stereocenters. The van der Waals surface area contributed by atoms with E-state index in [2.05, 4.69) is 10.6 Å². The predicted octanol–water partition coefficient (Wildman–Crippen LogP) is 4.02. The number of amides is 2. The van der Waals surface area contributed by atoms with Gasteiger partial charge in [0.25, 0.3) is 5.91 Å². The van der Waals surface area contributed by atoms with Crippen molar-refractivity contribution < 1.29 is 23.1 Å². The molecule has 0 radical (unpaired) electrons. The number of carbonyl (C=O) groups is 2. The molecule has 2 aromatic rings. The van der Waals surface area contributed by atoms with Crippen LogP contribution in [0, 0.1) is 11.6 Å². The third kappa shape index (κ3) is 5.00. The first-order valence-electron chi connectivity index (χ1n) is 7.70. The second-order valence-electron chi connectivity index (χ2n) is 5.29. The van der Waals surface area contributed by atoms with Crippen molar-refractivity contribution in [1.82, 2.24) is 5.32 Å². The van der Waals surface area contributed by atoms with E-state index in [0.717, 1.165) is 12.1 Å². The van der Waals surface area contributed by atoms with Gasteiger partial charge in [0.1, 0.15) is 11.6 Å². The average molecular weight is 348 g/mol. The Hall–Kier alpha value is -2.96. The van der Waals surface area contributed by atoms with Crippen molar-refractivity contribution in [2.45, 2.75) is 19.9 Å². The van der Waals surface area contributed by atoms with Crippen LogP contribution in [0.25, 0.3) is 0 Å². The number of rotatable bonds is 5. The lowest BCUT2D eigenvalue weighted by atomic mass is 10.1. The Morgan fingerprint density at radius 1 is 1.16 bits per heavy atom. The number of nitrogens with one attached hydrogen (secondary N) is 2. The second kappa shape index (κ2) is 8.23. The Kier molecular flexibility index (Phi) is 6.05. The highest BCUT2D eigenvalue weighted by Gasteiger charge is 2.16. The van der Waals surface area contributed by atoms with E-state index in [0.29, 0.717) is 5.69 Å². The van der Waals surface area contributed by atoms with E-state index in [1.165, 1.54) is 12.1 Å². The molecule has 0 saturated heterocycles. The van der Waals surface area contributed by atoms with Crippen molar-refractivity contribution >= 4 is 17.7 Å². The van der Waals surface area contributed by atoms with Crippen LogP contribution in [0.15, 0.2) is 42.5 Å². The molecule has 2 aromatic carbocycles. The fraction of sp³-hybridized carbons (Fsp3) is 0.222.